The fraction of sp³-hybridized carbons (Fsp3) is 0.917. The van der Waals surface area contributed by atoms with Crippen LogP contribution in [-0.4, -0.2) is 50.4 Å². The van der Waals surface area contributed by atoms with E-state index in [1.807, 2.05) is 0 Å². The third-order valence-electron chi connectivity index (χ3n) is 9.76. The summed E-state index contributed by atoms with van der Waals surface area (Å²) in [5.41, 5.74) is -0.503. The number of rotatable bonds is 5. The number of carbonyl (C=O) groups excluding carboxylic acids is 1. The van der Waals surface area contributed by atoms with Crippen LogP contribution in [0.3, 0.4) is 0 Å². The molecule has 1 N–H and O–H groups in total. The van der Waals surface area contributed by atoms with E-state index in [0.717, 1.165) is 49.9 Å². The maximum Gasteiger partial charge on any atom is 0.171 e. The molecule has 4 aliphatic carbocycles. The van der Waals surface area contributed by atoms with Crippen molar-refractivity contribution in [3.63, 3.8) is 0 Å². The van der Waals surface area contributed by atoms with Crippen LogP contribution in [0.4, 0.5) is 0 Å². The number of hydrogen-bond acceptors (Lipinski definition) is 6. The van der Waals surface area contributed by atoms with Crippen LogP contribution in [-0.2, 0) is 16.1 Å². The van der Waals surface area contributed by atoms with Crippen LogP contribution in [0.1, 0.15) is 70.5 Å². The molecule has 1 aromatic rings. The third-order valence-corrected chi connectivity index (χ3v) is 9.76. The Morgan fingerprint density at radius 3 is 2.68 bits per heavy atom. The summed E-state index contributed by atoms with van der Waals surface area (Å²) in [4.78, 5) is 14.7. The zero-order chi connectivity index (χ0) is 21.8. The molecule has 0 bridgehead atoms. The van der Waals surface area contributed by atoms with E-state index < -0.39 is 5.60 Å². The van der Waals surface area contributed by atoms with Gasteiger partial charge in [0.2, 0.25) is 0 Å². The van der Waals surface area contributed by atoms with Gasteiger partial charge in [0.05, 0.1) is 12.2 Å². The lowest BCUT2D eigenvalue weighted by molar-refractivity contribution is -0.137. The first-order valence-electron chi connectivity index (χ1n) is 12.3. The molecule has 0 radical (unpaired) electrons. The maximum atomic E-state index is 13.2. The zero-order valence-electron chi connectivity index (χ0n) is 19.3. The summed E-state index contributed by atoms with van der Waals surface area (Å²) in [6, 6.07) is 0. The van der Waals surface area contributed by atoms with Crippen LogP contribution in [0.15, 0.2) is 0 Å². The van der Waals surface area contributed by atoms with Gasteiger partial charge in [-0.3, -0.25) is 4.79 Å². The first-order chi connectivity index (χ1) is 14.8. The Labute approximate surface area is 185 Å². The largest absolute Gasteiger partial charge is 0.387 e. The van der Waals surface area contributed by atoms with Crippen LogP contribution < -0.4 is 0 Å². The number of ketones is 1. The van der Waals surface area contributed by atoms with Gasteiger partial charge in [0, 0.05) is 13.0 Å². The lowest BCUT2D eigenvalue weighted by Gasteiger charge is -2.57. The highest BCUT2D eigenvalue weighted by atomic mass is 16.5. The lowest BCUT2D eigenvalue weighted by Crippen LogP contribution is -2.52. The predicted molar refractivity (Wildman–Crippen MR) is 115 cm³/mol. The van der Waals surface area contributed by atoms with E-state index >= 15 is 0 Å². The minimum Gasteiger partial charge on any atom is -0.387 e. The molecule has 2 unspecified atom stereocenters. The van der Waals surface area contributed by atoms with Gasteiger partial charge >= 0.3 is 0 Å². The van der Waals surface area contributed by atoms with Crippen LogP contribution in [0.25, 0.3) is 0 Å². The normalized spacial score (nSPS) is 44.4. The van der Waals surface area contributed by atoms with Gasteiger partial charge in [-0.1, -0.05) is 6.92 Å². The number of nitrogens with zero attached hydrogens (tertiary/aromatic N) is 4. The summed E-state index contributed by atoms with van der Waals surface area (Å²) in [6.07, 6.45) is 10.00. The number of fused-ring (bicyclic) bond motifs is 5. The van der Waals surface area contributed by atoms with Crippen molar-refractivity contribution in [2.45, 2.75) is 83.8 Å². The van der Waals surface area contributed by atoms with Crippen molar-refractivity contribution < 1.29 is 14.6 Å². The topological polar surface area (TPSA) is 90.1 Å². The molecule has 4 aliphatic rings. The van der Waals surface area contributed by atoms with Crippen LogP contribution in [0.5, 0.6) is 0 Å². The van der Waals surface area contributed by atoms with E-state index in [1.165, 1.54) is 30.5 Å². The average Bonchev–Trinajstić information content (AvgIpc) is 3.29. The van der Waals surface area contributed by atoms with E-state index in [4.69, 9.17) is 4.74 Å². The van der Waals surface area contributed by atoms with E-state index in [9.17, 15) is 9.90 Å². The molecule has 7 nitrogen and oxygen atoms in total. The molecular weight excluding hydrogens is 392 g/mol. The molecule has 4 saturated carbocycles. The van der Waals surface area contributed by atoms with Gasteiger partial charge in [-0.25, -0.2) is 0 Å². The van der Waals surface area contributed by atoms with Crippen LogP contribution in [0, 0.1) is 47.8 Å². The standard InChI is InChI=1S/C24H38N4O3/c1-15-25-27-28(26-15)13-22(29)21-7-6-20-19-5-4-16-12-24(30,14-31-3)11-9-17(16)18(19)8-10-23(20,21)2/h16-21,30H,4-14H2,1-3H3/t16-,17?,18+,19+,20-,21+,23?,24+/m0/s1. The molecule has 0 aromatic carbocycles. The van der Waals surface area contributed by atoms with E-state index in [2.05, 4.69) is 22.3 Å². The predicted octanol–water partition coefficient (Wildman–Crippen LogP) is 3.20. The van der Waals surface area contributed by atoms with Gasteiger partial charge in [0.1, 0.15) is 6.54 Å². The highest BCUT2D eigenvalue weighted by molar-refractivity contribution is 5.81. The second-order valence-electron chi connectivity index (χ2n) is 11.3. The molecule has 172 valence electrons. The minimum absolute atomic E-state index is 0.117. The highest BCUT2D eigenvalue weighted by Gasteiger charge is 2.59. The number of Topliss-reactive ketones (excluding diaryl/α,β-unsaturated/α-hetero) is 1. The van der Waals surface area contributed by atoms with E-state index in [0.29, 0.717) is 24.3 Å². The Hall–Kier alpha value is -1.34. The molecule has 5 rings (SSSR count). The van der Waals surface area contributed by atoms with Crippen LogP contribution in [0.2, 0.25) is 0 Å². The number of carbonyl (C=O) groups is 1. The van der Waals surface area contributed by atoms with E-state index in [-0.39, 0.29) is 23.7 Å². The first kappa shape index (κ1) is 21.5. The Balaban J connectivity index is 1.28. The summed E-state index contributed by atoms with van der Waals surface area (Å²) < 4.78 is 5.32. The number of hydrogen-bond donors (Lipinski definition) is 1. The number of aryl methyl sites for hydroxylation is 1. The molecular formula is C24H38N4O3. The molecule has 0 aliphatic heterocycles. The Bertz CT molecular complexity index is 828. The van der Waals surface area contributed by atoms with Crippen molar-refractivity contribution in [2.24, 2.45) is 40.9 Å². The summed E-state index contributed by atoms with van der Waals surface area (Å²) in [6.45, 7) is 4.92. The molecule has 8 atom stereocenters. The molecule has 1 aromatic heterocycles. The second kappa shape index (κ2) is 7.91. The van der Waals surface area contributed by atoms with Crippen molar-refractivity contribution in [2.75, 3.05) is 13.7 Å². The molecule has 0 saturated heterocycles. The molecule has 4 fully saturated rings. The van der Waals surface area contributed by atoms with Gasteiger partial charge in [-0.2, -0.15) is 4.80 Å². The van der Waals surface area contributed by atoms with Crippen molar-refractivity contribution in [1.29, 1.82) is 0 Å². The summed E-state index contributed by atoms with van der Waals surface area (Å²) in [5, 5.41) is 23.1. The second-order valence-corrected chi connectivity index (χ2v) is 11.3. The summed E-state index contributed by atoms with van der Waals surface area (Å²) in [7, 11) is 1.70. The van der Waals surface area contributed by atoms with Gasteiger partial charge in [-0.05, 0) is 105 Å². The molecule has 7 heteroatoms. The quantitative estimate of drug-likeness (QED) is 0.771. The van der Waals surface area contributed by atoms with E-state index in [1.54, 1.807) is 14.0 Å². The number of aliphatic hydroxyl groups is 1. The number of methoxy groups -OCH3 is 1. The smallest absolute Gasteiger partial charge is 0.171 e. The molecule has 0 amide bonds. The first-order valence-corrected chi connectivity index (χ1v) is 12.3. The van der Waals surface area contributed by atoms with Gasteiger partial charge in [0.25, 0.3) is 0 Å². The fourth-order valence-corrected chi connectivity index (χ4v) is 8.53. The van der Waals surface area contributed by atoms with Crippen molar-refractivity contribution in [1.82, 2.24) is 20.2 Å². The maximum absolute atomic E-state index is 13.2. The zero-order valence-corrected chi connectivity index (χ0v) is 19.3. The van der Waals surface area contributed by atoms with Crippen molar-refractivity contribution >= 4 is 5.78 Å². The Kier molecular flexibility index (Phi) is 5.48. The SMILES string of the molecule is COC[C@@]1(O)CCC2[C@@H](CC[C@@H]3[C@@H]2CCC2(C)[C@@H](C(=O)Cn4nnc(C)n4)CC[C@@H]32)C1. The third kappa shape index (κ3) is 3.65. The highest BCUT2D eigenvalue weighted by Crippen LogP contribution is 2.64. The van der Waals surface area contributed by atoms with Gasteiger partial charge in [-0.15, -0.1) is 10.2 Å². The minimum atomic E-state index is -0.620. The molecule has 31 heavy (non-hydrogen) atoms. The Morgan fingerprint density at radius 1 is 1.13 bits per heavy atom. The monoisotopic (exact) mass is 430 g/mol. The number of aromatic nitrogens is 4. The molecule has 1 heterocycles. The molecule has 0 spiro atoms. The lowest BCUT2D eigenvalue weighted by atomic mass is 9.49. The fourth-order valence-electron chi connectivity index (χ4n) is 8.53. The number of ether oxygens (including phenoxy) is 1. The van der Waals surface area contributed by atoms with Gasteiger partial charge < -0.3 is 9.84 Å². The summed E-state index contributed by atoms with van der Waals surface area (Å²) >= 11 is 0. The summed E-state index contributed by atoms with van der Waals surface area (Å²) in [5.74, 6) is 4.60. The average molecular weight is 431 g/mol. The van der Waals surface area contributed by atoms with Crippen LogP contribution >= 0.6 is 0 Å². The van der Waals surface area contributed by atoms with Gasteiger partial charge in [0.15, 0.2) is 11.6 Å². The Morgan fingerprint density at radius 2 is 1.94 bits per heavy atom. The van der Waals surface area contributed by atoms with Crippen molar-refractivity contribution in [3.05, 3.63) is 5.82 Å². The van der Waals surface area contributed by atoms with Crippen molar-refractivity contribution in [3.8, 4) is 0 Å². The number of tetrazole rings is 1.